The fourth-order valence-corrected chi connectivity index (χ4v) is 2.03. The number of rotatable bonds is 2. The molecule has 2 heterocycles. The van der Waals surface area contributed by atoms with E-state index in [1.807, 2.05) is 32.9 Å². The molecular weight excluding hydrogens is 228 g/mol. The Bertz CT molecular complexity index is 406. The highest BCUT2D eigenvalue weighted by Crippen LogP contribution is 2.22. The maximum atomic E-state index is 11.7. The zero-order valence-electron chi connectivity index (χ0n) is 11.2. The first kappa shape index (κ1) is 12.9. The monoisotopic (exact) mass is 248 g/mol. The van der Waals surface area contributed by atoms with Crippen molar-refractivity contribution in [2.75, 3.05) is 13.1 Å². The average molecular weight is 248 g/mol. The van der Waals surface area contributed by atoms with Crippen molar-refractivity contribution in [3.63, 3.8) is 0 Å². The molecule has 0 saturated carbocycles. The van der Waals surface area contributed by atoms with Gasteiger partial charge in [-0.25, -0.2) is 4.79 Å². The summed E-state index contributed by atoms with van der Waals surface area (Å²) in [6.45, 7) is 7.24. The Labute approximate surface area is 108 Å². The summed E-state index contributed by atoms with van der Waals surface area (Å²) in [6, 6.07) is 4.05. The van der Waals surface area contributed by atoms with Crippen molar-refractivity contribution in [3.05, 3.63) is 30.1 Å². The lowest BCUT2D eigenvalue weighted by Gasteiger charge is -2.39. The molecule has 0 unspecified atom stereocenters. The Kier molecular flexibility index (Phi) is 3.55. The Morgan fingerprint density at radius 3 is 2.56 bits per heavy atom. The highest BCUT2D eigenvalue weighted by atomic mass is 16.6. The Morgan fingerprint density at radius 1 is 1.39 bits per heavy atom. The molecule has 0 aliphatic carbocycles. The van der Waals surface area contributed by atoms with E-state index in [2.05, 4.69) is 4.98 Å². The van der Waals surface area contributed by atoms with Crippen molar-refractivity contribution in [2.45, 2.75) is 32.8 Å². The minimum absolute atomic E-state index is 0.200. The van der Waals surface area contributed by atoms with Gasteiger partial charge in [0, 0.05) is 25.5 Å². The summed E-state index contributed by atoms with van der Waals surface area (Å²) in [5.74, 6) is 0.542. The molecule has 1 aliphatic rings. The van der Waals surface area contributed by atoms with Gasteiger partial charge in [-0.05, 0) is 50.8 Å². The van der Waals surface area contributed by atoms with Crippen molar-refractivity contribution in [1.29, 1.82) is 0 Å². The molecule has 0 bridgehead atoms. The third-order valence-corrected chi connectivity index (χ3v) is 2.88. The lowest BCUT2D eigenvalue weighted by Crippen LogP contribution is -2.52. The maximum Gasteiger partial charge on any atom is 0.410 e. The summed E-state index contributed by atoms with van der Waals surface area (Å²) in [5.41, 5.74) is 0.867. The highest BCUT2D eigenvalue weighted by molar-refractivity contribution is 5.69. The number of pyridine rings is 1. The number of carbonyl (C=O) groups excluding carboxylic acids is 1. The van der Waals surface area contributed by atoms with Crippen LogP contribution in [-0.2, 0) is 11.2 Å². The van der Waals surface area contributed by atoms with E-state index in [9.17, 15) is 4.79 Å². The molecule has 1 aliphatic heterocycles. The Morgan fingerprint density at radius 2 is 2.00 bits per heavy atom. The van der Waals surface area contributed by atoms with E-state index in [0.717, 1.165) is 19.5 Å². The fourth-order valence-electron chi connectivity index (χ4n) is 2.03. The maximum absolute atomic E-state index is 11.7. The molecule has 1 fully saturated rings. The number of likely N-dealkylation sites (tertiary alicyclic amines) is 1. The van der Waals surface area contributed by atoms with Crippen LogP contribution in [-0.4, -0.2) is 34.7 Å². The quantitative estimate of drug-likeness (QED) is 0.807. The van der Waals surface area contributed by atoms with Gasteiger partial charge >= 0.3 is 6.09 Å². The van der Waals surface area contributed by atoms with Gasteiger partial charge in [0.2, 0.25) is 0 Å². The molecular formula is C14H20N2O2. The first-order valence-corrected chi connectivity index (χ1v) is 6.31. The molecule has 0 atom stereocenters. The van der Waals surface area contributed by atoms with Crippen molar-refractivity contribution in [2.24, 2.45) is 5.92 Å². The molecule has 0 spiro atoms. The predicted octanol–water partition coefficient (Wildman–Crippen LogP) is 2.49. The molecule has 0 radical (unpaired) electrons. The second-order valence-corrected chi connectivity index (χ2v) is 5.81. The number of amides is 1. The summed E-state index contributed by atoms with van der Waals surface area (Å²) in [4.78, 5) is 17.5. The average Bonchev–Trinajstić information content (AvgIpc) is 2.21. The number of nitrogens with zero attached hydrogens (tertiary/aromatic N) is 2. The second-order valence-electron chi connectivity index (χ2n) is 5.81. The molecule has 0 aromatic carbocycles. The minimum Gasteiger partial charge on any atom is -0.444 e. The fraction of sp³-hybridized carbons (Fsp3) is 0.571. The summed E-state index contributed by atoms with van der Waals surface area (Å²) in [7, 11) is 0. The van der Waals surface area contributed by atoms with Gasteiger partial charge in [-0.3, -0.25) is 4.98 Å². The lowest BCUT2D eigenvalue weighted by atomic mass is 9.93. The van der Waals surface area contributed by atoms with Crippen LogP contribution < -0.4 is 0 Å². The van der Waals surface area contributed by atoms with Crippen LogP contribution >= 0.6 is 0 Å². The number of aromatic nitrogens is 1. The van der Waals surface area contributed by atoms with Gasteiger partial charge in [0.1, 0.15) is 5.60 Å². The van der Waals surface area contributed by atoms with Crippen LogP contribution in [0.4, 0.5) is 4.79 Å². The van der Waals surface area contributed by atoms with E-state index < -0.39 is 5.60 Å². The normalized spacial score (nSPS) is 16.3. The standard InChI is InChI=1S/C14H20N2O2/c1-14(2,3)18-13(17)16-9-12(10-16)8-11-4-6-15-7-5-11/h4-7,12H,8-10H2,1-3H3. The van der Waals surface area contributed by atoms with Gasteiger partial charge in [0.25, 0.3) is 0 Å². The summed E-state index contributed by atoms with van der Waals surface area (Å²) in [5, 5.41) is 0. The van der Waals surface area contributed by atoms with Gasteiger partial charge in [-0.15, -0.1) is 0 Å². The van der Waals surface area contributed by atoms with Gasteiger partial charge in [0.05, 0.1) is 0 Å². The molecule has 2 rings (SSSR count). The van der Waals surface area contributed by atoms with E-state index in [4.69, 9.17) is 4.74 Å². The van der Waals surface area contributed by atoms with Crippen LogP contribution in [0.2, 0.25) is 0 Å². The van der Waals surface area contributed by atoms with Crippen LogP contribution in [0, 0.1) is 5.92 Å². The molecule has 4 nitrogen and oxygen atoms in total. The third-order valence-electron chi connectivity index (χ3n) is 2.88. The van der Waals surface area contributed by atoms with Gasteiger partial charge in [-0.1, -0.05) is 0 Å². The van der Waals surface area contributed by atoms with Crippen molar-refractivity contribution >= 4 is 6.09 Å². The number of carbonyl (C=O) groups is 1. The summed E-state index contributed by atoms with van der Waals surface area (Å²) < 4.78 is 5.32. The second kappa shape index (κ2) is 4.96. The van der Waals surface area contributed by atoms with Crippen LogP contribution in [0.1, 0.15) is 26.3 Å². The first-order chi connectivity index (χ1) is 8.44. The predicted molar refractivity (Wildman–Crippen MR) is 69.2 cm³/mol. The lowest BCUT2D eigenvalue weighted by molar-refractivity contribution is -0.000880. The van der Waals surface area contributed by atoms with E-state index in [-0.39, 0.29) is 6.09 Å². The van der Waals surface area contributed by atoms with E-state index in [0.29, 0.717) is 5.92 Å². The minimum atomic E-state index is -0.409. The zero-order valence-corrected chi connectivity index (χ0v) is 11.2. The Balaban J connectivity index is 1.76. The molecule has 1 saturated heterocycles. The van der Waals surface area contributed by atoms with Crippen LogP contribution in [0.15, 0.2) is 24.5 Å². The van der Waals surface area contributed by atoms with E-state index >= 15 is 0 Å². The molecule has 4 heteroatoms. The molecule has 0 N–H and O–H groups in total. The van der Waals surface area contributed by atoms with Gasteiger partial charge < -0.3 is 9.64 Å². The SMILES string of the molecule is CC(C)(C)OC(=O)N1CC(Cc2ccncc2)C1. The highest BCUT2D eigenvalue weighted by Gasteiger charge is 2.33. The summed E-state index contributed by atoms with van der Waals surface area (Å²) >= 11 is 0. The smallest absolute Gasteiger partial charge is 0.410 e. The summed E-state index contributed by atoms with van der Waals surface area (Å²) in [6.07, 6.45) is 4.41. The topological polar surface area (TPSA) is 42.4 Å². The van der Waals surface area contributed by atoms with E-state index in [1.165, 1.54) is 5.56 Å². The Hall–Kier alpha value is -1.58. The van der Waals surface area contributed by atoms with Gasteiger partial charge in [0.15, 0.2) is 0 Å². The number of hydrogen-bond donors (Lipinski definition) is 0. The van der Waals surface area contributed by atoms with Crippen molar-refractivity contribution < 1.29 is 9.53 Å². The van der Waals surface area contributed by atoms with E-state index in [1.54, 1.807) is 17.3 Å². The largest absolute Gasteiger partial charge is 0.444 e. The first-order valence-electron chi connectivity index (χ1n) is 6.31. The van der Waals surface area contributed by atoms with Crippen LogP contribution in [0.5, 0.6) is 0 Å². The number of ether oxygens (including phenoxy) is 1. The third kappa shape index (κ3) is 3.45. The van der Waals surface area contributed by atoms with Gasteiger partial charge in [-0.2, -0.15) is 0 Å². The number of hydrogen-bond acceptors (Lipinski definition) is 3. The molecule has 18 heavy (non-hydrogen) atoms. The van der Waals surface area contributed by atoms with Crippen LogP contribution in [0.3, 0.4) is 0 Å². The molecule has 1 amide bonds. The van der Waals surface area contributed by atoms with Crippen LogP contribution in [0.25, 0.3) is 0 Å². The molecule has 1 aromatic rings. The molecule has 98 valence electrons. The molecule has 1 aromatic heterocycles. The van der Waals surface area contributed by atoms with Crippen molar-refractivity contribution in [3.8, 4) is 0 Å². The van der Waals surface area contributed by atoms with Crippen molar-refractivity contribution in [1.82, 2.24) is 9.88 Å². The zero-order chi connectivity index (χ0) is 13.2.